The van der Waals surface area contributed by atoms with Gasteiger partial charge in [-0.2, -0.15) is 0 Å². The highest BCUT2D eigenvalue weighted by Gasteiger charge is 2.23. The van der Waals surface area contributed by atoms with Crippen LogP contribution in [0.15, 0.2) is 52.3 Å². The molecule has 2 rings (SSSR count). The van der Waals surface area contributed by atoms with Gasteiger partial charge in [-0.1, -0.05) is 44.2 Å². The first-order valence-corrected chi connectivity index (χ1v) is 11.8. The SMILES string of the molecule is CCCCCCCNC(=O)c1ccc(S(=O)(=O)c2ccc(Cl)cc2)c(NC(C)=O)c1. The Morgan fingerprint density at radius 3 is 2.27 bits per heavy atom. The van der Waals surface area contributed by atoms with Crippen molar-refractivity contribution in [2.45, 2.75) is 55.7 Å². The normalized spacial score (nSPS) is 11.2. The summed E-state index contributed by atoms with van der Waals surface area (Å²) in [7, 11) is -3.91. The number of anilines is 1. The van der Waals surface area contributed by atoms with Gasteiger partial charge in [0.25, 0.3) is 5.91 Å². The molecule has 0 saturated heterocycles. The molecule has 8 heteroatoms. The standard InChI is InChI=1S/C22H27ClN2O4S/c1-3-4-5-6-7-14-24-22(27)17-8-13-21(20(15-17)25-16(2)26)30(28,29)19-11-9-18(23)10-12-19/h8-13,15H,3-7,14H2,1-2H3,(H,24,27)(H,25,26). The first-order chi connectivity index (χ1) is 14.3. The molecular weight excluding hydrogens is 424 g/mol. The first-order valence-electron chi connectivity index (χ1n) is 9.96. The highest BCUT2D eigenvalue weighted by atomic mass is 35.5. The molecule has 0 spiro atoms. The number of halogens is 1. The third-order valence-electron chi connectivity index (χ3n) is 4.53. The molecule has 0 unspecified atom stereocenters. The third-order valence-corrected chi connectivity index (χ3v) is 6.61. The van der Waals surface area contributed by atoms with E-state index in [0.29, 0.717) is 11.6 Å². The minimum Gasteiger partial charge on any atom is -0.352 e. The third kappa shape index (κ3) is 6.57. The monoisotopic (exact) mass is 450 g/mol. The Balaban J connectivity index is 2.23. The Kier molecular flexibility index (Phi) is 8.87. The minimum absolute atomic E-state index is 0.0442. The molecule has 0 bridgehead atoms. The van der Waals surface area contributed by atoms with Crippen molar-refractivity contribution < 1.29 is 18.0 Å². The summed E-state index contributed by atoms with van der Waals surface area (Å²) in [4.78, 5) is 24.0. The summed E-state index contributed by atoms with van der Waals surface area (Å²) in [5.41, 5.74) is 0.343. The topological polar surface area (TPSA) is 92.3 Å². The fraction of sp³-hybridized carbons (Fsp3) is 0.364. The quantitative estimate of drug-likeness (QED) is 0.507. The van der Waals surface area contributed by atoms with E-state index in [4.69, 9.17) is 11.6 Å². The van der Waals surface area contributed by atoms with E-state index >= 15 is 0 Å². The van der Waals surface area contributed by atoms with Gasteiger partial charge < -0.3 is 10.6 Å². The van der Waals surface area contributed by atoms with E-state index in [1.54, 1.807) is 0 Å². The number of hydrogen-bond acceptors (Lipinski definition) is 4. The van der Waals surface area contributed by atoms with E-state index in [9.17, 15) is 18.0 Å². The molecule has 0 aliphatic rings. The van der Waals surface area contributed by atoms with Crippen molar-refractivity contribution >= 4 is 38.9 Å². The van der Waals surface area contributed by atoms with Gasteiger partial charge in [0, 0.05) is 24.1 Å². The van der Waals surface area contributed by atoms with E-state index in [2.05, 4.69) is 17.6 Å². The van der Waals surface area contributed by atoms with Gasteiger partial charge in [0.15, 0.2) is 0 Å². The zero-order valence-electron chi connectivity index (χ0n) is 17.2. The molecule has 0 atom stereocenters. The molecule has 30 heavy (non-hydrogen) atoms. The van der Waals surface area contributed by atoms with Crippen LogP contribution in [0.1, 0.15) is 56.3 Å². The number of carbonyl (C=O) groups excluding carboxylic acids is 2. The fourth-order valence-electron chi connectivity index (χ4n) is 2.97. The molecule has 0 fully saturated rings. The van der Waals surface area contributed by atoms with E-state index in [-0.39, 0.29) is 26.9 Å². The van der Waals surface area contributed by atoms with Crippen LogP contribution in [0.25, 0.3) is 0 Å². The molecular formula is C22H27ClN2O4S. The molecule has 2 N–H and O–H groups in total. The van der Waals surface area contributed by atoms with E-state index in [0.717, 1.165) is 25.7 Å². The van der Waals surface area contributed by atoms with Crippen molar-refractivity contribution in [2.75, 3.05) is 11.9 Å². The number of amides is 2. The lowest BCUT2D eigenvalue weighted by Gasteiger charge is -2.13. The lowest BCUT2D eigenvalue weighted by atomic mass is 10.1. The van der Waals surface area contributed by atoms with Crippen molar-refractivity contribution in [2.24, 2.45) is 0 Å². The summed E-state index contributed by atoms with van der Waals surface area (Å²) < 4.78 is 26.1. The van der Waals surface area contributed by atoms with Gasteiger partial charge in [0.05, 0.1) is 15.5 Å². The van der Waals surface area contributed by atoms with Crippen LogP contribution in [0, 0.1) is 0 Å². The van der Waals surface area contributed by atoms with Gasteiger partial charge in [-0.15, -0.1) is 0 Å². The number of benzene rings is 2. The maximum atomic E-state index is 13.0. The van der Waals surface area contributed by atoms with Crippen LogP contribution in [0.5, 0.6) is 0 Å². The molecule has 0 radical (unpaired) electrons. The van der Waals surface area contributed by atoms with Crippen molar-refractivity contribution in [1.82, 2.24) is 5.32 Å². The Labute approximate surface area is 182 Å². The molecule has 162 valence electrons. The number of rotatable bonds is 10. The molecule has 0 saturated carbocycles. The predicted molar refractivity (Wildman–Crippen MR) is 119 cm³/mol. The second-order valence-corrected chi connectivity index (χ2v) is 9.37. The van der Waals surface area contributed by atoms with Gasteiger partial charge in [-0.05, 0) is 48.9 Å². The van der Waals surface area contributed by atoms with Crippen LogP contribution in [-0.2, 0) is 14.6 Å². The summed E-state index contributed by atoms with van der Waals surface area (Å²) in [6.07, 6.45) is 5.40. The number of unbranched alkanes of at least 4 members (excludes halogenated alkanes) is 4. The summed E-state index contributed by atoms with van der Waals surface area (Å²) >= 11 is 5.84. The largest absolute Gasteiger partial charge is 0.352 e. The average Bonchev–Trinajstić information content (AvgIpc) is 2.70. The van der Waals surface area contributed by atoms with Crippen LogP contribution < -0.4 is 10.6 Å². The molecule has 2 aromatic carbocycles. The first kappa shape index (κ1) is 23.9. The van der Waals surface area contributed by atoms with Crippen LogP contribution in [0.2, 0.25) is 5.02 Å². The fourth-order valence-corrected chi connectivity index (χ4v) is 4.49. The minimum atomic E-state index is -3.91. The highest BCUT2D eigenvalue weighted by molar-refractivity contribution is 7.91. The molecule has 2 amide bonds. The Hall–Kier alpha value is -2.38. The van der Waals surface area contributed by atoms with Crippen LogP contribution >= 0.6 is 11.6 Å². The summed E-state index contributed by atoms with van der Waals surface area (Å²) in [5.74, 6) is -0.747. The Bertz CT molecular complexity index is 989. The van der Waals surface area contributed by atoms with Crippen molar-refractivity contribution in [3.63, 3.8) is 0 Å². The van der Waals surface area contributed by atoms with Crippen LogP contribution in [0.3, 0.4) is 0 Å². The van der Waals surface area contributed by atoms with E-state index < -0.39 is 15.7 Å². The van der Waals surface area contributed by atoms with Gasteiger partial charge in [-0.25, -0.2) is 8.42 Å². The highest BCUT2D eigenvalue weighted by Crippen LogP contribution is 2.29. The smallest absolute Gasteiger partial charge is 0.251 e. The number of sulfone groups is 1. The molecule has 0 heterocycles. The maximum Gasteiger partial charge on any atom is 0.251 e. The maximum absolute atomic E-state index is 13.0. The second-order valence-electron chi connectivity index (χ2n) is 7.02. The molecule has 0 aromatic heterocycles. The Morgan fingerprint density at radius 2 is 1.63 bits per heavy atom. The van der Waals surface area contributed by atoms with Gasteiger partial charge in [0.2, 0.25) is 15.7 Å². The lowest BCUT2D eigenvalue weighted by Crippen LogP contribution is -2.25. The predicted octanol–water partition coefficient (Wildman–Crippen LogP) is 4.83. The van der Waals surface area contributed by atoms with Crippen molar-refractivity contribution in [3.8, 4) is 0 Å². The Morgan fingerprint density at radius 1 is 0.967 bits per heavy atom. The summed E-state index contributed by atoms with van der Waals surface area (Å²) in [6.45, 7) is 3.97. The molecule has 2 aromatic rings. The van der Waals surface area contributed by atoms with Gasteiger partial charge in [-0.3, -0.25) is 9.59 Å². The number of nitrogens with one attached hydrogen (secondary N) is 2. The lowest BCUT2D eigenvalue weighted by molar-refractivity contribution is -0.114. The number of carbonyl (C=O) groups is 2. The second kappa shape index (κ2) is 11.1. The van der Waals surface area contributed by atoms with E-state index in [1.807, 2.05) is 0 Å². The summed E-state index contributed by atoms with van der Waals surface area (Å²) in [5, 5.41) is 5.77. The van der Waals surface area contributed by atoms with Crippen molar-refractivity contribution in [3.05, 3.63) is 53.1 Å². The molecule has 0 aliphatic carbocycles. The van der Waals surface area contributed by atoms with E-state index in [1.165, 1.54) is 55.8 Å². The zero-order valence-corrected chi connectivity index (χ0v) is 18.8. The molecule has 6 nitrogen and oxygen atoms in total. The summed E-state index contributed by atoms with van der Waals surface area (Å²) in [6, 6.07) is 9.93. The number of hydrogen-bond donors (Lipinski definition) is 2. The van der Waals surface area contributed by atoms with Gasteiger partial charge in [0.1, 0.15) is 0 Å². The van der Waals surface area contributed by atoms with Crippen molar-refractivity contribution in [1.29, 1.82) is 0 Å². The molecule has 0 aliphatic heterocycles. The van der Waals surface area contributed by atoms with Crippen LogP contribution in [-0.4, -0.2) is 26.8 Å². The van der Waals surface area contributed by atoms with Gasteiger partial charge >= 0.3 is 0 Å². The van der Waals surface area contributed by atoms with Crippen LogP contribution in [0.4, 0.5) is 5.69 Å². The average molecular weight is 451 g/mol. The zero-order chi connectivity index (χ0) is 22.1.